The SMILES string of the molecule is Cc1c(C(=O)OCc2ccc(Br)cc2)cccc1[N+](=O)[O-]. The van der Waals surface area contributed by atoms with Gasteiger partial charge in [-0.3, -0.25) is 10.1 Å². The number of ether oxygens (including phenoxy) is 1. The van der Waals surface area contributed by atoms with Gasteiger partial charge in [0.25, 0.3) is 5.69 Å². The molecule has 2 aromatic carbocycles. The number of nitro benzene ring substituents is 1. The lowest BCUT2D eigenvalue weighted by Crippen LogP contribution is -2.08. The third-order valence-corrected chi connectivity index (χ3v) is 3.53. The molecule has 0 bridgehead atoms. The molecular weight excluding hydrogens is 338 g/mol. The molecule has 2 rings (SSSR count). The second-order valence-electron chi connectivity index (χ2n) is 4.41. The number of nitrogens with zero attached hydrogens (tertiary/aromatic N) is 1. The van der Waals surface area contributed by atoms with Crippen molar-refractivity contribution in [3.05, 3.63) is 73.7 Å². The van der Waals surface area contributed by atoms with Gasteiger partial charge in [0.2, 0.25) is 0 Å². The minimum Gasteiger partial charge on any atom is -0.457 e. The van der Waals surface area contributed by atoms with Gasteiger partial charge in [0.15, 0.2) is 0 Å². The van der Waals surface area contributed by atoms with Crippen LogP contribution in [0.2, 0.25) is 0 Å². The molecule has 0 aliphatic rings. The van der Waals surface area contributed by atoms with Crippen LogP contribution >= 0.6 is 15.9 Å². The van der Waals surface area contributed by atoms with E-state index < -0.39 is 10.9 Å². The maximum Gasteiger partial charge on any atom is 0.338 e. The molecule has 0 saturated carbocycles. The summed E-state index contributed by atoms with van der Waals surface area (Å²) in [6, 6.07) is 11.7. The molecule has 6 heteroatoms. The van der Waals surface area contributed by atoms with Crippen molar-refractivity contribution in [1.82, 2.24) is 0 Å². The van der Waals surface area contributed by atoms with Crippen LogP contribution in [-0.2, 0) is 11.3 Å². The second kappa shape index (κ2) is 6.49. The zero-order valence-electron chi connectivity index (χ0n) is 11.2. The first-order valence-corrected chi connectivity index (χ1v) is 6.94. The molecule has 0 aliphatic heterocycles. The second-order valence-corrected chi connectivity index (χ2v) is 5.33. The van der Waals surface area contributed by atoms with E-state index >= 15 is 0 Å². The number of carbonyl (C=O) groups is 1. The summed E-state index contributed by atoms with van der Waals surface area (Å²) in [5.74, 6) is -0.570. The molecule has 0 N–H and O–H groups in total. The van der Waals surface area contributed by atoms with Crippen molar-refractivity contribution in [3.8, 4) is 0 Å². The molecule has 108 valence electrons. The van der Waals surface area contributed by atoms with Gasteiger partial charge in [0.1, 0.15) is 6.61 Å². The van der Waals surface area contributed by atoms with E-state index in [9.17, 15) is 14.9 Å². The van der Waals surface area contributed by atoms with E-state index in [1.807, 2.05) is 24.3 Å². The molecule has 0 aromatic heterocycles. The Hall–Kier alpha value is -2.21. The lowest BCUT2D eigenvalue weighted by Gasteiger charge is -2.07. The quantitative estimate of drug-likeness (QED) is 0.474. The number of halogens is 1. The van der Waals surface area contributed by atoms with Crippen LogP contribution < -0.4 is 0 Å². The number of hydrogen-bond acceptors (Lipinski definition) is 4. The summed E-state index contributed by atoms with van der Waals surface area (Å²) in [5, 5.41) is 10.9. The van der Waals surface area contributed by atoms with Crippen LogP contribution in [0.1, 0.15) is 21.5 Å². The average Bonchev–Trinajstić information content (AvgIpc) is 2.46. The van der Waals surface area contributed by atoms with Gasteiger partial charge in [0, 0.05) is 16.1 Å². The van der Waals surface area contributed by atoms with Gasteiger partial charge in [-0.05, 0) is 30.7 Å². The topological polar surface area (TPSA) is 69.4 Å². The van der Waals surface area contributed by atoms with Crippen LogP contribution in [0.25, 0.3) is 0 Å². The zero-order valence-corrected chi connectivity index (χ0v) is 12.8. The van der Waals surface area contributed by atoms with E-state index in [0.29, 0.717) is 5.56 Å². The fraction of sp³-hybridized carbons (Fsp3) is 0.133. The largest absolute Gasteiger partial charge is 0.457 e. The Labute approximate surface area is 129 Å². The van der Waals surface area contributed by atoms with Crippen molar-refractivity contribution in [2.24, 2.45) is 0 Å². The zero-order chi connectivity index (χ0) is 15.4. The molecule has 5 nitrogen and oxygen atoms in total. The normalized spacial score (nSPS) is 10.2. The lowest BCUT2D eigenvalue weighted by atomic mass is 10.1. The number of hydrogen-bond donors (Lipinski definition) is 0. The van der Waals surface area contributed by atoms with Gasteiger partial charge in [-0.1, -0.05) is 34.1 Å². The highest BCUT2D eigenvalue weighted by Crippen LogP contribution is 2.22. The first-order valence-electron chi connectivity index (χ1n) is 6.14. The first kappa shape index (κ1) is 15.2. The minimum atomic E-state index is -0.570. The molecule has 0 fully saturated rings. The highest BCUT2D eigenvalue weighted by atomic mass is 79.9. The van der Waals surface area contributed by atoms with E-state index in [1.54, 1.807) is 0 Å². The molecule has 0 aliphatic carbocycles. The Kier molecular flexibility index (Phi) is 4.70. The first-order chi connectivity index (χ1) is 9.99. The van der Waals surface area contributed by atoms with Crippen molar-refractivity contribution in [2.45, 2.75) is 13.5 Å². The van der Waals surface area contributed by atoms with Gasteiger partial charge in [0.05, 0.1) is 10.5 Å². The summed E-state index contributed by atoms with van der Waals surface area (Å²) < 4.78 is 6.13. The Morgan fingerprint density at radius 3 is 2.52 bits per heavy atom. The van der Waals surface area contributed by atoms with E-state index in [-0.39, 0.29) is 17.9 Å². The third kappa shape index (κ3) is 3.66. The lowest BCUT2D eigenvalue weighted by molar-refractivity contribution is -0.385. The predicted octanol–water partition coefficient (Wildman–Crippen LogP) is 4.02. The Balaban J connectivity index is 2.12. The molecule has 0 radical (unpaired) electrons. The number of rotatable bonds is 4. The van der Waals surface area contributed by atoms with Crippen LogP contribution in [0.15, 0.2) is 46.9 Å². The van der Waals surface area contributed by atoms with Gasteiger partial charge in [-0.25, -0.2) is 4.79 Å². The number of benzene rings is 2. The Bertz CT molecular complexity index is 683. The van der Waals surface area contributed by atoms with Crippen LogP contribution in [0.3, 0.4) is 0 Å². The molecule has 0 spiro atoms. The summed E-state index contributed by atoms with van der Waals surface area (Å²) in [6.45, 7) is 1.66. The molecule has 0 amide bonds. The average molecular weight is 350 g/mol. The predicted molar refractivity (Wildman–Crippen MR) is 81.1 cm³/mol. The monoisotopic (exact) mass is 349 g/mol. The van der Waals surface area contributed by atoms with E-state index in [2.05, 4.69) is 15.9 Å². The van der Waals surface area contributed by atoms with Gasteiger partial charge < -0.3 is 4.74 Å². The van der Waals surface area contributed by atoms with Crippen molar-refractivity contribution in [1.29, 1.82) is 0 Å². The highest BCUT2D eigenvalue weighted by molar-refractivity contribution is 9.10. The molecule has 2 aromatic rings. The maximum atomic E-state index is 12.0. The summed E-state index contributed by atoms with van der Waals surface area (Å²) >= 11 is 3.32. The molecule has 0 saturated heterocycles. The number of carbonyl (C=O) groups excluding carboxylic acids is 1. The summed E-state index contributed by atoms with van der Waals surface area (Å²) in [5.41, 5.74) is 1.27. The van der Waals surface area contributed by atoms with E-state index in [1.165, 1.54) is 25.1 Å². The third-order valence-electron chi connectivity index (χ3n) is 3.01. The summed E-state index contributed by atoms with van der Waals surface area (Å²) in [7, 11) is 0. The van der Waals surface area contributed by atoms with Gasteiger partial charge >= 0.3 is 5.97 Å². The van der Waals surface area contributed by atoms with E-state index in [0.717, 1.165) is 10.0 Å². The molecule has 21 heavy (non-hydrogen) atoms. The Morgan fingerprint density at radius 1 is 1.24 bits per heavy atom. The van der Waals surface area contributed by atoms with Crippen LogP contribution in [0, 0.1) is 17.0 Å². The van der Waals surface area contributed by atoms with Crippen molar-refractivity contribution in [3.63, 3.8) is 0 Å². The number of nitro groups is 1. The fourth-order valence-corrected chi connectivity index (χ4v) is 2.11. The molecule has 0 unspecified atom stereocenters. The maximum absolute atomic E-state index is 12.0. The molecule has 0 heterocycles. The van der Waals surface area contributed by atoms with Crippen molar-refractivity contribution < 1.29 is 14.5 Å². The Morgan fingerprint density at radius 2 is 1.90 bits per heavy atom. The van der Waals surface area contributed by atoms with Crippen LogP contribution in [0.5, 0.6) is 0 Å². The summed E-state index contributed by atoms with van der Waals surface area (Å²) in [6.07, 6.45) is 0. The standard InChI is InChI=1S/C15H12BrNO4/c1-10-13(3-2-4-14(10)17(19)20)15(18)21-9-11-5-7-12(16)8-6-11/h2-8H,9H2,1H3. The van der Waals surface area contributed by atoms with Crippen molar-refractivity contribution >= 4 is 27.6 Å². The highest BCUT2D eigenvalue weighted by Gasteiger charge is 2.18. The van der Waals surface area contributed by atoms with E-state index in [4.69, 9.17) is 4.74 Å². The minimum absolute atomic E-state index is 0.0897. The van der Waals surface area contributed by atoms with Gasteiger partial charge in [-0.2, -0.15) is 0 Å². The smallest absolute Gasteiger partial charge is 0.338 e. The van der Waals surface area contributed by atoms with Crippen LogP contribution in [0.4, 0.5) is 5.69 Å². The fourth-order valence-electron chi connectivity index (χ4n) is 1.85. The molecule has 0 atom stereocenters. The summed E-state index contributed by atoms with van der Waals surface area (Å²) in [4.78, 5) is 22.4. The van der Waals surface area contributed by atoms with Crippen molar-refractivity contribution in [2.75, 3.05) is 0 Å². The molecular formula is C15H12BrNO4. The number of esters is 1. The van der Waals surface area contributed by atoms with Crippen LogP contribution in [-0.4, -0.2) is 10.9 Å². The van der Waals surface area contributed by atoms with Gasteiger partial charge in [-0.15, -0.1) is 0 Å².